The third-order valence-corrected chi connectivity index (χ3v) is 2.98. The molecule has 13 heavy (non-hydrogen) atoms. The first-order chi connectivity index (χ1) is 6.26. The van der Waals surface area contributed by atoms with Gasteiger partial charge in [0.2, 0.25) is 0 Å². The zero-order valence-corrected chi connectivity index (χ0v) is 8.84. The van der Waals surface area contributed by atoms with Crippen LogP contribution in [0.25, 0.3) is 0 Å². The van der Waals surface area contributed by atoms with E-state index in [9.17, 15) is 0 Å². The summed E-state index contributed by atoms with van der Waals surface area (Å²) >= 11 is 1.75. The average molecular weight is 197 g/mol. The normalized spacial score (nSPS) is 12.8. The van der Waals surface area contributed by atoms with E-state index in [-0.39, 0.29) is 0 Å². The van der Waals surface area contributed by atoms with Gasteiger partial charge in [-0.15, -0.1) is 11.8 Å². The maximum atomic E-state index is 5.42. The Morgan fingerprint density at radius 3 is 2.69 bits per heavy atom. The Kier molecular flexibility index (Phi) is 4.18. The standard InChI is InChI=1S/C9H15N3S/c1-3-7(2)13-9-6-11-8(4-10)5-12-9/h5-7H,3-4,10H2,1-2H3. The van der Waals surface area contributed by atoms with Gasteiger partial charge in [-0.2, -0.15) is 0 Å². The van der Waals surface area contributed by atoms with E-state index in [2.05, 4.69) is 23.8 Å². The summed E-state index contributed by atoms with van der Waals surface area (Å²) in [7, 11) is 0. The van der Waals surface area contributed by atoms with E-state index in [1.54, 1.807) is 24.2 Å². The van der Waals surface area contributed by atoms with Crippen molar-refractivity contribution in [2.45, 2.75) is 37.1 Å². The largest absolute Gasteiger partial charge is 0.325 e. The first kappa shape index (κ1) is 10.5. The van der Waals surface area contributed by atoms with Crippen LogP contribution in [0.1, 0.15) is 26.0 Å². The van der Waals surface area contributed by atoms with Gasteiger partial charge in [0.1, 0.15) is 5.03 Å². The summed E-state index contributed by atoms with van der Waals surface area (Å²) in [6.07, 6.45) is 4.68. The van der Waals surface area contributed by atoms with E-state index in [0.29, 0.717) is 11.8 Å². The fourth-order valence-corrected chi connectivity index (χ4v) is 1.60. The van der Waals surface area contributed by atoms with Crippen molar-refractivity contribution in [2.24, 2.45) is 5.73 Å². The zero-order chi connectivity index (χ0) is 9.68. The molecule has 1 heterocycles. The van der Waals surface area contributed by atoms with Crippen molar-refractivity contribution in [1.82, 2.24) is 9.97 Å². The van der Waals surface area contributed by atoms with Crippen molar-refractivity contribution in [3.8, 4) is 0 Å². The van der Waals surface area contributed by atoms with Gasteiger partial charge >= 0.3 is 0 Å². The molecule has 0 saturated heterocycles. The van der Waals surface area contributed by atoms with Crippen LogP contribution >= 0.6 is 11.8 Å². The van der Waals surface area contributed by atoms with Gasteiger partial charge in [-0.05, 0) is 6.42 Å². The first-order valence-corrected chi connectivity index (χ1v) is 5.31. The van der Waals surface area contributed by atoms with Crippen molar-refractivity contribution in [3.05, 3.63) is 18.1 Å². The van der Waals surface area contributed by atoms with Crippen LogP contribution in [0.2, 0.25) is 0 Å². The van der Waals surface area contributed by atoms with Crippen LogP contribution in [0.15, 0.2) is 17.4 Å². The Labute approximate surface area is 83.2 Å². The summed E-state index contributed by atoms with van der Waals surface area (Å²) in [6.45, 7) is 4.81. The highest BCUT2D eigenvalue weighted by atomic mass is 32.2. The summed E-state index contributed by atoms with van der Waals surface area (Å²) in [6, 6.07) is 0. The van der Waals surface area contributed by atoms with Crippen molar-refractivity contribution in [2.75, 3.05) is 0 Å². The van der Waals surface area contributed by atoms with Crippen molar-refractivity contribution < 1.29 is 0 Å². The van der Waals surface area contributed by atoms with Crippen molar-refractivity contribution >= 4 is 11.8 Å². The smallest absolute Gasteiger partial charge is 0.115 e. The van der Waals surface area contributed by atoms with Crippen molar-refractivity contribution in [3.63, 3.8) is 0 Å². The third-order valence-electron chi connectivity index (χ3n) is 1.79. The Balaban J connectivity index is 2.58. The summed E-state index contributed by atoms with van der Waals surface area (Å²) in [5, 5.41) is 1.57. The minimum Gasteiger partial charge on any atom is -0.325 e. The summed E-state index contributed by atoms with van der Waals surface area (Å²) in [5.74, 6) is 0. The van der Waals surface area contributed by atoms with E-state index in [0.717, 1.165) is 17.1 Å². The fraction of sp³-hybridized carbons (Fsp3) is 0.556. The molecule has 0 bridgehead atoms. The van der Waals surface area contributed by atoms with Gasteiger partial charge in [0, 0.05) is 11.8 Å². The van der Waals surface area contributed by atoms with Crippen LogP contribution in [-0.4, -0.2) is 15.2 Å². The molecule has 1 unspecified atom stereocenters. The highest BCUT2D eigenvalue weighted by molar-refractivity contribution is 7.99. The van der Waals surface area contributed by atoms with Crippen LogP contribution in [0.3, 0.4) is 0 Å². The molecule has 72 valence electrons. The molecule has 0 amide bonds. The maximum absolute atomic E-state index is 5.42. The Hall–Kier alpha value is -0.610. The molecule has 1 aromatic heterocycles. The number of aromatic nitrogens is 2. The fourth-order valence-electron chi connectivity index (χ4n) is 0.799. The molecule has 0 aliphatic heterocycles. The number of nitrogens with two attached hydrogens (primary N) is 1. The number of rotatable bonds is 4. The van der Waals surface area contributed by atoms with E-state index in [4.69, 9.17) is 5.73 Å². The zero-order valence-electron chi connectivity index (χ0n) is 8.03. The van der Waals surface area contributed by atoms with Crippen LogP contribution in [-0.2, 0) is 6.54 Å². The lowest BCUT2D eigenvalue weighted by molar-refractivity contribution is 0.888. The van der Waals surface area contributed by atoms with Crippen LogP contribution in [0.5, 0.6) is 0 Å². The highest BCUT2D eigenvalue weighted by Crippen LogP contribution is 2.21. The lowest BCUT2D eigenvalue weighted by Crippen LogP contribution is -2.01. The number of hydrogen-bond donors (Lipinski definition) is 1. The first-order valence-electron chi connectivity index (χ1n) is 4.44. The molecule has 0 saturated carbocycles. The Bertz CT molecular complexity index is 248. The second kappa shape index (κ2) is 5.19. The lowest BCUT2D eigenvalue weighted by atomic mass is 10.4. The SMILES string of the molecule is CCC(C)Sc1cnc(CN)cn1. The molecule has 4 heteroatoms. The van der Waals surface area contributed by atoms with E-state index in [1.807, 2.05) is 0 Å². The molecule has 0 aliphatic rings. The van der Waals surface area contributed by atoms with Crippen LogP contribution in [0.4, 0.5) is 0 Å². The van der Waals surface area contributed by atoms with Gasteiger partial charge < -0.3 is 5.73 Å². The van der Waals surface area contributed by atoms with E-state index >= 15 is 0 Å². The molecular formula is C9H15N3S. The molecule has 0 radical (unpaired) electrons. The molecular weight excluding hydrogens is 182 g/mol. The number of hydrogen-bond acceptors (Lipinski definition) is 4. The molecule has 1 rings (SSSR count). The monoisotopic (exact) mass is 197 g/mol. The number of nitrogens with zero attached hydrogens (tertiary/aromatic N) is 2. The van der Waals surface area contributed by atoms with Gasteiger partial charge in [-0.25, -0.2) is 4.98 Å². The van der Waals surface area contributed by atoms with Gasteiger partial charge in [-0.3, -0.25) is 4.98 Å². The second-order valence-corrected chi connectivity index (χ2v) is 4.35. The average Bonchev–Trinajstić information content (AvgIpc) is 2.19. The highest BCUT2D eigenvalue weighted by Gasteiger charge is 2.02. The summed E-state index contributed by atoms with van der Waals surface area (Å²) < 4.78 is 0. The van der Waals surface area contributed by atoms with E-state index < -0.39 is 0 Å². The summed E-state index contributed by atoms with van der Waals surface area (Å²) in [5.41, 5.74) is 6.26. The quantitative estimate of drug-likeness (QED) is 0.748. The van der Waals surface area contributed by atoms with E-state index in [1.165, 1.54) is 0 Å². The van der Waals surface area contributed by atoms with Crippen LogP contribution < -0.4 is 5.73 Å². The third kappa shape index (κ3) is 3.32. The van der Waals surface area contributed by atoms with Crippen LogP contribution in [0, 0.1) is 0 Å². The molecule has 1 aromatic rings. The molecule has 1 atom stereocenters. The van der Waals surface area contributed by atoms with Gasteiger partial charge in [0.05, 0.1) is 18.1 Å². The number of thioether (sulfide) groups is 1. The van der Waals surface area contributed by atoms with Crippen molar-refractivity contribution in [1.29, 1.82) is 0 Å². The molecule has 3 nitrogen and oxygen atoms in total. The molecule has 0 fully saturated rings. The second-order valence-electron chi connectivity index (χ2n) is 2.89. The predicted octanol–water partition coefficient (Wildman–Crippen LogP) is 1.83. The Morgan fingerprint density at radius 1 is 1.46 bits per heavy atom. The maximum Gasteiger partial charge on any atom is 0.115 e. The topological polar surface area (TPSA) is 51.8 Å². The molecule has 0 spiro atoms. The lowest BCUT2D eigenvalue weighted by Gasteiger charge is -2.06. The van der Waals surface area contributed by atoms with Gasteiger partial charge in [0.15, 0.2) is 0 Å². The minimum atomic E-state index is 0.460. The molecule has 2 N–H and O–H groups in total. The summed E-state index contributed by atoms with van der Waals surface area (Å²) in [4.78, 5) is 8.43. The molecule has 0 aliphatic carbocycles. The van der Waals surface area contributed by atoms with Gasteiger partial charge in [0.25, 0.3) is 0 Å². The van der Waals surface area contributed by atoms with Gasteiger partial charge in [-0.1, -0.05) is 13.8 Å². The predicted molar refractivity (Wildman–Crippen MR) is 55.5 cm³/mol. The minimum absolute atomic E-state index is 0.460. The Morgan fingerprint density at radius 2 is 2.23 bits per heavy atom. The molecule has 0 aromatic carbocycles.